The highest BCUT2D eigenvalue weighted by atomic mass is 19.4. The lowest BCUT2D eigenvalue weighted by molar-refractivity contribution is -0.283. The Morgan fingerprint density at radius 2 is 1.40 bits per heavy atom. The van der Waals surface area contributed by atoms with Gasteiger partial charge in [-0.1, -0.05) is 0 Å². The van der Waals surface area contributed by atoms with Crippen LogP contribution in [0.15, 0.2) is 12.4 Å². The smallest absolute Gasteiger partial charge is 0.251 e. The maximum absolute atomic E-state index is 12.9. The second kappa shape index (κ2) is 4.36. The van der Waals surface area contributed by atoms with Crippen LogP contribution in [0.4, 0.5) is 35.1 Å². The summed E-state index contributed by atoms with van der Waals surface area (Å²) in [7, 11) is 0. The van der Waals surface area contributed by atoms with Gasteiger partial charge in [0, 0.05) is 6.42 Å². The number of alkyl halides is 7. The summed E-state index contributed by atoms with van der Waals surface area (Å²) >= 11 is 0. The molecule has 0 N–H and O–H groups in total. The maximum Gasteiger partial charge on any atom is 0.432 e. The molecule has 15 heavy (non-hydrogen) atoms. The largest absolute Gasteiger partial charge is 0.432 e. The van der Waals surface area contributed by atoms with E-state index in [2.05, 4.69) is 0 Å². The molecule has 90 valence electrons. The highest BCUT2D eigenvalue weighted by molar-refractivity contribution is 5.12. The zero-order valence-electron chi connectivity index (χ0n) is 7.09. The first-order valence-corrected chi connectivity index (χ1v) is 3.59. The zero-order chi connectivity index (χ0) is 12.3. The Morgan fingerprint density at radius 1 is 0.933 bits per heavy atom. The normalized spacial score (nSPS) is 18.1. The monoisotopic (exact) mass is 242 g/mol. The Kier molecular flexibility index (Phi) is 4.12. The minimum absolute atomic E-state index is 0.970. The molecule has 0 aliphatic rings. The van der Waals surface area contributed by atoms with Crippen LogP contribution in [0.1, 0.15) is 6.42 Å². The van der Waals surface area contributed by atoms with E-state index in [1.807, 2.05) is 0 Å². The van der Waals surface area contributed by atoms with Gasteiger partial charge in [0.05, 0.1) is 13.0 Å². The van der Waals surface area contributed by atoms with Crippen LogP contribution in [0, 0.1) is 0 Å². The SMILES string of the molecule is FC=CC(F)(C(F)(F)F)C(F)(F)CCF. The van der Waals surface area contributed by atoms with E-state index in [9.17, 15) is 35.1 Å². The Labute approximate surface area is 79.6 Å². The Morgan fingerprint density at radius 3 is 1.67 bits per heavy atom. The van der Waals surface area contributed by atoms with E-state index >= 15 is 0 Å². The van der Waals surface area contributed by atoms with Gasteiger partial charge in [0.25, 0.3) is 11.6 Å². The number of hydrogen-bond donors (Lipinski definition) is 0. The fourth-order valence-electron chi connectivity index (χ4n) is 0.811. The van der Waals surface area contributed by atoms with Crippen molar-refractivity contribution in [2.24, 2.45) is 0 Å². The van der Waals surface area contributed by atoms with Gasteiger partial charge in [-0.05, 0) is 6.08 Å². The van der Waals surface area contributed by atoms with E-state index in [0.717, 1.165) is 0 Å². The van der Waals surface area contributed by atoms with Crippen molar-refractivity contribution in [2.75, 3.05) is 6.67 Å². The van der Waals surface area contributed by atoms with Gasteiger partial charge in [-0.25, -0.2) is 17.6 Å². The number of hydrogen-bond acceptors (Lipinski definition) is 0. The second-order valence-electron chi connectivity index (χ2n) is 2.65. The number of rotatable bonds is 4. The Bertz CT molecular complexity index is 230. The third-order valence-electron chi connectivity index (χ3n) is 1.65. The lowest BCUT2D eigenvalue weighted by atomic mass is 9.94. The van der Waals surface area contributed by atoms with Gasteiger partial charge in [0.15, 0.2) is 0 Å². The highest BCUT2D eigenvalue weighted by Gasteiger charge is 2.69. The Balaban J connectivity index is 5.29. The minimum Gasteiger partial charge on any atom is -0.251 e. The minimum atomic E-state index is -6.02. The molecule has 0 aromatic rings. The molecule has 8 heteroatoms. The lowest BCUT2D eigenvalue weighted by Crippen LogP contribution is -2.54. The average molecular weight is 242 g/mol. The van der Waals surface area contributed by atoms with Gasteiger partial charge >= 0.3 is 6.18 Å². The Hall–Kier alpha value is -0.820. The molecule has 0 amide bonds. The van der Waals surface area contributed by atoms with Crippen molar-refractivity contribution in [3.05, 3.63) is 12.4 Å². The molecule has 0 saturated carbocycles. The van der Waals surface area contributed by atoms with E-state index in [1.54, 1.807) is 0 Å². The maximum atomic E-state index is 12.9. The summed E-state index contributed by atoms with van der Waals surface area (Å²) in [5.74, 6) is -5.05. The highest BCUT2D eigenvalue weighted by Crippen LogP contribution is 2.47. The van der Waals surface area contributed by atoms with Crippen LogP contribution >= 0.6 is 0 Å². The van der Waals surface area contributed by atoms with Gasteiger partial charge in [0.1, 0.15) is 0 Å². The van der Waals surface area contributed by atoms with Crippen LogP contribution in [0.3, 0.4) is 0 Å². The summed E-state index contributed by atoms with van der Waals surface area (Å²) in [6.07, 6.45) is -9.95. The summed E-state index contributed by atoms with van der Waals surface area (Å²) in [5.41, 5.74) is -5.19. The van der Waals surface area contributed by atoms with Crippen molar-refractivity contribution in [2.45, 2.75) is 24.2 Å². The van der Waals surface area contributed by atoms with Crippen LogP contribution in [-0.2, 0) is 0 Å². The van der Waals surface area contributed by atoms with Gasteiger partial charge < -0.3 is 0 Å². The number of allylic oxidation sites excluding steroid dienone is 1. The molecule has 0 saturated heterocycles. The lowest BCUT2D eigenvalue weighted by Gasteiger charge is -2.31. The summed E-state index contributed by atoms with van der Waals surface area (Å²) in [4.78, 5) is 0. The molecule has 0 aliphatic carbocycles. The first kappa shape index (κ1) is 14.2. The molecule has 0 nitrogen and oxygen atoms in total. The standard InChI is InChI=1S/C7H6F8/c8-3-1-5(10,7(13,14)15)6(11,12)2-4-9/h1,3H,2,4H2. The van der Waals surface area contributed by atoms with E-state index in [-0.39, 0.29) is 0 Å². The molecular formula is C7H6F8. The van der Waals surface area contributed by atoms with Crippen LogP contribution in [0.25, 0.3) is 0 Å². The molecular weight excluding hydrogens is 236 g/mol. The topological polar surface area (TPSA) is 0 Å². The predicted molar refractivity (Wildman–Crippen MR) is 35.7 cm³/mol. The van der Waals surface area contributed by atoms with Crippen molar-refractivity contribution in [1.29, 1.82) is 0 Å². The molecule has 1 unspecified atom stereocenters. The first-order valence-electron chi connectivity index (χ1n) is 3.59. The predicted octanol–water partition coefficient (Wildman–Crippen LogP) is 3.74. The van der Waals surface area contributed by atoms with Crippen LogP contribution in [-0.4, -0.2) is 24.4 Å². The zero-order valence-corrected chi connectivity index (χ0v) is 7.09. The van der Waals surface area contributed by atoms with Crippen molar-refractivity contribution < 1.29 is 35.1 Å². The van der Waals surface area contributed by atoms with Gasteiger partial charge in [-0.2, -0.15) is 13.2 Å². The molecule has 0 aromatic carbocycles. The van der Waals surface area contributed by atoms with E-state index < -0.39 is 43.3 Å². The molecule has 0 aliphatic heterocycles. The summed E-state index contributed by atoms with van der Waals surface area (Å²) in [6.45, 7) is -1.85. The fourth-order valence-corrected chi connectivity index (χ4v) is 0.811. The van der Waals surface area contributed by atoms with Crippen molar-refractivity contribution in [1.82, 2.24) is 0 Å². The van der Waals surface area contributed by atoms with Crippen molar-refractivity contribution in [3.8, 4) is 0 Å². The third kappa shape index (κ3) is 2.60. The van der Waals surface area contributed by atoms with Crippen molar-refractivity contribution in [3.63, 3.8) is 0 Å². The van der Waals surface area contributed by atoms with Gasteiger partial charge in [0.2, 0.25) is 0 Å². The quantitative estimate of drug-likeness (QED) is 0.659. The molecule has 0 radical (unpaired) electrons. The van der Waals surface area contributed by atoms with E-state index in [4.69, 9.17) is 0 Å². The number of halogens is 8. The summed E-state index contributed by atoms with van der Waals surface area (Å²) in [5, 5.41) is 0. The van der Waals surface area contributed by atoms with Gasteiger partial charge in [-0.3, -0.25) is 4.39 Å². The third-order valence-corrected chi connectivity index (χ3v) is 1.65. The first-order chi connectivity index (χ1) is 6.62. The van der Waals surface area contributed by atoms with Crippen LogP contribution < -0.4 is 0 Å². The molecule has 0 fully saturated rings. The average Bonchev–Trinajstić information content (AvgIpc) is 2.02. The molecule has 0 rings (SSSR count). The molecule has 0 bridgehead atoms. The fraction of sp³-hybridized carbons (Fsp3) is 0.714. The van der Waals surface area contributed by atoms with E-state index in [1.165, 1.54) is 0 Å². The van der Waals surface area contributed by atoms with E-state index in [0.29, 0.717) is 0 Å². The van der Waals surface area contributed by atoms with Crippen molar-refractivity contribution >= 4 is 0 Å². The molecule has 0 aromatic heterocycles. The second-order valence-corrected chi connectivity index (χ2v) is 2.65. The molecule has 0 heterocycles. The summed E-state index contributed by atoms with van der Waals surface area (Å²) in [6, 6.07) is 0. The van der Waals surface area contributed by atoms with Crippen LogP contribution in [0.5, 0.6) is 0 Å². The summed E-state index contributed by atoms with van der Waals surface area (Å²) < 4.78 is 96.8. The van der Waals surface area contributed by atoms with Gasteiger partial charge in [-0.15, -0.1) is 0 Å². The molecule has 0 spiro atoms. The van der Waals surface area contributed by atoms with Crippen LogP contribution in [0.2, 0.25) is 0 Å². The molecule has 1 atom stereocenters.